The molecule has 2 aliphatic rings. The van der Waals surface area contributed by atoms with Gasteiger partial charge in [0.1, 0.15) is 6.61 Å². The summed E-state index contributed by atoms with van der Waals surface area (Å²) < 4.78 is 5.36. The maximum Gasteiger partial charge on any atom is 0.423 e. The highest BCUT2D eigenvalue weighted by Gasteiger charge is 2.43. The van der Waals surface area contributed by atoms with Gasteiger partial charge in [-0.3, -0.25) is 28.9 Å². The van der Waals surface area contributed by atoms with E-state index in [2.05, 4.69) is 58.6 Å². The van der Waals surface area contributed by atoms with Crippen LogP contribution in [0.25, 0.3) is 0 Å². The fourth-order valence-electron chi connectivity index (χ4n) is 8.41. The van der Waals surface area contributed by atoms with Gasteiger partial charge in [-0.05, 0) is 117 Å². The van der Waals surface area contributed by atoms with Crippen molar-refractivity contribution in [3.63, 3.8) is 0 Å². The molecule has 0 spiro atoms. The molecule has 0 bridgehead atoms. The van der Waals surface area contributed by atoms with E-state index >= 15 is 0 Å². The lowest BCUT2D eigenvalue weighted by Gasteiger charge is -2.25. The van der Waals surface area contributed by atoms with E-state index in [4.69, 9.17) is 4.74 Å². The van der Waals surface area contributed by atoms with Crippen molar-refractivity contribution in [2.75, 3.05) is 4.90 Å². The minimum atomic E-state index is -0.967. The Kier molecular flexibility index (Phi) is 19.0. The average Bonchev–Trinajstić information content (AvgIpc) is 3.75. The first-order valence-corrected chi connectivity index (χ1v) is 23.1. The number of amides is 5. The van der Waals surface area contributed by atoms with Gasteiger partial charge in [0.05, 0.1) is 11.6 Å². The van der Waals surface area contributed by atoms with Crippen molar-refractivity contribution in [2.45, 2.75) is 105 Å². The van der Waals surface area contributed by atoms with Gasteiger partial charge in [0.25, 0.3) is 0 Å². The summed E-state index contributed by atoms with van der Waals surface area (Å²) in [5, 5.41) is 0. The molecule has 5 unspecified atom stereocenters. The van der Waals surface area contributed by atoms with Gasteiger partial charge in [-0.1, -0.05) is 131 Å². The van der Waals surface area contributed by atoms with Crippen LogP contribution in [0, 0.1) is 41.4 Å². The second kappa shape index (κ2) is 24.8. The molecule has 64 heavy (non-hydrogen) atoms. The number of carbonyl (C=O) groups excluding carboxylic acids is 6. The molecule has 5 rings (SSSR count). The summed E-state index contributed by atoms with van der Waals surface area (Å²) in [6.45, 7) is 12.9. The van der Waals surface area contributed by atoms with E-state index in [0.29, 0.717) is 46.4 Å². The normalized spacial score (nSPS) is 18.3. The number of imide groups is 4. The van der Waals surface area contributed by atoms with Crippen molar-refractivity contribution < 1.29 is 33.5 Å². The van der Waals surface area contributed by atoms with E-state index < -0.39 is 29.7 Å². The highest BCUT2D eigenvalue weighted by atomic mass is 16.6. The summed E-state index contributed by atoms with van der Waals surface area (Å²) in [6.07, 6.45) is 21.1. The zero-order valence-electron chi connectivity index (χ0n) is 38.1. The topological polar surface area (TPSA) is 118 Å². The molecule has 3 aromatic rings. The van der Waals surface area contributed by atoms with Crippen LogP contribution in [-0.4, -0.2) is 40.4 Å². The van der Waals surface area contributed by atoms with Gasteiger partial charge in [-0.2, -0.15) is 4.90 Å². The summed E-state index contributed by atoms with van der Waals surface area (Å²) in [6, 6.07) is 24.7. The molecule has 3 aromatic carbocycles. The summed E-state index contributed by atoms with van der Waals surface area (Å²) in [4.78, 5) is 81.7. The van der Waals surface area contributed by atoms with Crippen molar-refractivity contribution in [3.05, 3.63) is 151 Å². The Morgan fingerprint density at radius 2 is 1.33 bits per heavy atom. The number of hydrogen-bond donors (Lipinski definition) is 0. The van der Waals surface area contributed by atoms with E-state index in [-0.39, 0.29) is 54.8 Å². The first kappa shape index (κ1) is 49.1. The maximum absolute atomic E-state index is 13.9. The quantitative estimate of drug-likeness (QED) is 0.0500. The molecule has 0 aliphatic carbocycles. The molecule has 9 heteroatoms. The fourth-order valence-corrected chi connectivity index (χ4v) is 8.41. The standard InChI is InChI=1S/C55H66N2O7/c1-6-41(20-11-7-10-18-39(2)3)34-44(27-29-48-37-51(59)57(54(48)62)55(63)64-38-43-22-12-8-13-23-43)35-42(21-17-16-19-40(4)5)26-28-47-36-50(58)56(53(47)61)49-32-30-46(31-33-49)52(60)45-24-14-9-15-25-45/h6-10,12-17,22-25,27,29-33,39-42,44,47-48H,1,11,18-21,26,28,34-38H2,2-5H3/b10-7+,17-16-,29-27+. The molecule has 338 valence electrons. The summed E-state index contributed by atoms with van der Waals surface area (Å²) in [5.74, 6) is -1.60. The number of anilines is 1. The van der Waals surface area contributed by atoms with Gasteiger partial charge < -0.3 is 4.74 Å². The molecule has 2 saturated heterocycles. The Hall–Kier alpha value is -5.96. The van der Waals surface area contributed by atoms with E-state index in [9.17, 15) is 28.8 Å². The number of nitrogens with zero attached hydrogens (tertiary/aromatic N) is 2. The molecule has 2 heterocycles. The van der Waals surface area contributed by atoms with E-state index in [0.717, 1.165) is 50.5 Å². The van der Waals surface area contributed by atoms with E-state index in [1.807, 2.05) is 48.6 Å². The maximum atomic E-state index is 13.9. The first-order chi connectivity index (χ1) is 30.8. The van der Waals surface area contributed by atoms with Crippen molar-refractivity contribution >= 4 is 41.2 Å². The first-order valence-electron chi connectivity index (χ1n) is 23.1. The number of rotatable bonds is 24. The number of hydrogen-bond acceptors (Lipinski definition) is 7. The van der Waals surface area contributed by atoms with Gasteiger partial charge in [0.2, 0.25) is 23.6 Å². The SMILES string of the molecule is C=CC(CC/C=C/CC(C)C)CC(/C=C/C1CC(=O)N(C(=O)OCc2ccccc2)C1=O)CC(C/C=C\CC(C)C)CCC1CC(=O)N(c2ccc(C(=O)c3ccccc3)cc2)C1=O. The molecule has 5 atom stereocenters. The number of carbonyl (C=O) groups is 6. The fraction of sp³-hybridized carbons (Fsp3) is 0.418. The molecule has 0 radical (unpaired) electrons. The van der Waals surface area contributed by atoms with Crippen LogP contribution in [0.5, 0.6) is 0 Å². The zero-order valence-corrected chi connectivity index (χ0v) is 38.1. The van der Waals surface area contributed by atoms with Crippen LogP contribution >= 0.6 is 0 Å². The van der Waals surface area contributed by atoms with Gasteiger partial charge in [0.15, 0.2) is 5.78 Å². The van der Waals surface area contributed by atoms with Crippen LogP contribution in [0.1, 0.15) is 120 Å². The largest absolute Gasteiger partial charge is 0.444 e. The molecule has 0 N–H and O–H groups in total. The van der Waals surface area contributed by atoms with E-state index in [1.165, 1.54) is 4.90 Å². The Labute approximate surface area is 380 Å². The highest BCUT2D eigenvalue weighted by molar-refractivity contribution is 6.21. The molecule has 5 amide bonds. The average molecular weight is 867 g/mol. The minimum absolute atomic E-state index is 0.00245. The number of allylic oxidation sites excluding steroid dienone is 6. The molecule has 9 nitrogen and oxygen atoms in total. The monoisotopic (exact) mass is 866 g/mol. The number of likely N-dealkylation sites (tertiary alicyclic amines) is 1. The van der Waals surface area contributed by atoms with Crippen molar-refractivity contribution in [1.82, 2.24) is 4.90 Å². The third kappa shape index (κ3) is 14.5. The highest BCUT2D eigenvalue weighted by Crippen LogP contribution is 2.35. The summed E-state index contributed by atoms with van der Waals surface area (Å²) in [5.41, 5.74) is 2.25. The number of ether oxygens (including phenoxy) is 1. The van der Waals surface area contributed by atoms with Crippen LogP contribution in [0.15, 0.2) is 134 Å². The van der Waals surface area contributed by atoms with Gasteiger partial charge in [-0.15, -0.1) is 6.58 Å². The number of ketones is 1. The Morgan fingerprint density at radius 3 is 1.98 bits per heavy atom. The van der Waals surface area contributed by atoms with E-state index in [1.54, 1.807) is 54.6 Å². The second-order valence-corrected chi connectivity index (χ2v) is 18.2. The van der Waals surface area contributed by atoms with Crippen molar-refractivity contribution in [2.24, 2.45) is 41.4 Å². The van der Waals surface area contributed by atoms with Crippen molar-refractivity contribution in [1.29, 1.82) is 0 Å². The van der Waals surface area contributed by atoms with Crippen molar-refractivity contribution in [3.8, 4) is 0 Å². The molecule has 0 saturated carbocycles. The van der Waals surface area contributed by atoms with Crippen LogP contribution < -0.4 is 4.90 Å². The smallest absolute Gasteiger partial charge is 0.423 e. The summed E-state index contributed by atoms with van der Waals surface area (Å²) in [7, 11) is 0. The Morgan fingerprint density at radius 1 is 0.703 bits per heavy atom. The van der Waals surface area contributed by atoms with Crippen LogP contribution in [0.2, 0.25) is 0 Å². The lowest BCUT2D eigenvalue weighted by atomic mass is 9.80. The lowest BCUT2D eigenvalue weighted by Crippen LogP contribution is -2.37. The Bertz CT molecular complexity index is 2140. The lowest BCUT2D eigenvalue weighted by molar-refractivity contribution is -0.137. The van der Waals surface area contributed by atoms with Crippen LogP contribution in [0.3, 0.4) is 0 Å². The third-order valence-corrected chi connectivity index (χ3v) is 12.1. The van der Waals surface area contributed by atoms with Gasteiger partial charge in [0, 0.05) is 29.9 Å². The predicted molar refractivity (Wildman–Crippen MR) is 253 cm³/mol. The summed E-state index contributed by atoms with van der Waals surface area (Å²) >= 11 is 0. The minimum Gasteiger partial charge on any atom is -0.444 e. The predicted octanol–water partition coefficient (Wildman–Crippen LogP) is 12.0. The molecular formula is C55H66N2O7. The molecule has 2 fully saturated rings. The third-order valence-electron chi connectivity index (χ3n) is 12.1. The molecule has 0 aromatic heterocycles. The number of benzene rings is 3. The van der Waals surface area contributed by atoms with Crippen LogP contribution in [0.4, 0.5) is 10.5 Å². The Balaban J connectivity index is 1.30. The second-order valence-electron chi connectivity index (χ2n) is 18.2. The van der Waals surface area contributed by atoms with Crippen LogP contribution in [-0.2, 0) is 30.5 Å². The molecule has 2 aliphatic heterocycles. The van der Waals surface area contributed by atoms with Gasteiger partial charge >= 0.3 is 6.09 Å². The molecular weight excluding hydrogens is 801 g/mol. The van der Waals surface area contributed by atoms with Gasteiger partial charge in [-0.25, -0.2) is 4.79 Å². The zero-order chi connectivity index (χ0) is 46.0.